The zero-order valence-corrected chi connectivity index (χ0v) is 15.5. The molecule has 5 heteroatoms. The van der Waals surface area contributed by atoms with Crippen LogP contribution in [-0.4, -0.2) is 15.1 Å². The van der Waals surface area contributed by atoms with Gasteiger partial charge in [-0.3, -0.25) is 4.79 Å². The quantitative estimate of drug-likeness (QED) is 0.673. The van der Waals surface area contributed by atoms with Crippen molar-refractivity contribution in [1.82, 2.24) is 9.97 Å². The van der Waals surface area contributed by atoms with Gasteiger partial charge in [0.05, 0.1) is 10.9 Å². The molecule has 1 saturated carbocycles. The molecule has 1 aromatic heterocycles. The Morgan fingerprint density at radius 3 is 2.68 bits per heavy atom. The van der Waals surface area contributed by atoms with Crippen molar-refractivity contribution in [2.75, 3.05) is 0 Å². The normalized spacial score (nSPS) is 16.2. The molecule has 3 rings (SSSR count). The Labute approximate surface area is 147 Å². The summed E-state index contributed by atoms with van der Waals surface area (Å²) in [6, 6.07) is 4.73. The minimum absolute atomic E-state index is 0. The molecule has 0 atom stereocenters. The molecular formula is C14H16AcN2O2. The maximum atomic E-state index is 12.0. The number of phenolic OH excluding ortho intramolecular Hbond substituents is 1. The predicted octanol–water partition coefficient (Wildman–Crippen LogP) is 2.68. The molecule has 0 amide bonds. The molecule has 0 unspecified atom stereocenters. The number of fused-ring (bicyclic) bond motifs is 1. The second-order valence-electron chi connectivity index (χ2n) is 4.99. The summed E-state index contributed by atoms with van der Waals surface area (Å²) in [5, 5.41) is 9.85. The summed E-state index contributed by atoms with van der Waals surface area (Å²) in [4.78, 5) is 19.4. The SMILES string of the molecule is O=c1[nH]c(C2CCCCC2)nc2ccc(O)cc12.[Ac]. The molecule has 1 fully saturated rings. The van der Waals surface area contributed by atoms with Gasteiger partial charge in [-0.1, -0.05) is 19.3 Å². The van der Waals surface area contributed by atoms with E-state index in [1.807, 2.05) is 0 Å². The Kier molecular flexibility index (Phi) is 5.03. The second kappa shape index (κ2) is 6.37. The van der Waals surface area contributed by atoms with Crippen LogP contribution in [-0.2, 0) is 0 Å². The van der Waals surface area contributed by atoms with Crippen molar-refractivity contribution in [3.8, 4) is 5.75 Å². The summed E-state index contributed by atoms with van der Waals surface area (Å²) >= 11 is 0. The minimum atomic E-state index is -0.156. The largest absolute Gasteiger partial charge is 0.508 e. The average Bonchev–Trinajstić information content (AvgIpc) is 2.40. The van der Waals surface area contributed by atoms with E-state index >= 15 is 0 Å². The first-order valence-electron chi connectivity index (χ1n) is 6.47. The van der Waals surface area contributed by atoms with Crippen LogP contribution in [0.25, 0.3) is 10.9 Å². The number of hydrogen-bond donors (Lipinski definition) is 2. The van der Waals surface area contributed by atoms with E-state index in [9.17, 15) is 9.90 Å². The number of phenols is 1. The molecule has 0 bridgehead atoms. The molecule has 2 N–H and O–H groups in total. The molecular weight excluding hydrogens is 455 g/mol. The number of aromatic hydroxyl groups is 1. The fourth-order valence-electron chi connectivity index (χ4n) is 2.71. The van der Waals surface area contributed by atoms with Crippen LogP contribution < -0.4 is 5.56 Å². The van der Waals surface area contributed by atoms with Crippen molar-refractivity contribution in [2.24, 2.45) is 0 Å². The summed E-state index contributed by atoms with van der Waals surface area (Å²) < 4.78 is 0. The summed E-state index contributed by atoms with van der Waals surface area (Å²) in [5.41, 5.74) is 0.508. The first kappa shape index (κ1) is 15.0. The number of aromatic amines is 1. The van der Waals surface area contributed by atoms with E-state index in [0.29, 0.717) is 16.8 Å². The zero-order chi connectivity index (χ0) is 12.5. The van der Waals surface area contributed by atoms with Gasteiger partial charge in [-0.25, -0.2) is 4.98 Å². The third kappa shape index (κ3) is 3.20. The molecule has 4 nitrogen and oxygen atoms in total. The molecule has 1 aliphatic carbocycles. The third-order valence-electron chi connectivity index (χ3n) is 3.70. The molecule has 1 aliphatic rings. The third-order valence-corrected chi connectivity index (χ3v) is 3.70. The van der Waals surface area contributed by atoms with Gasteiger partial charge in [-0.2, -0.15) is 0 Å². The van der Waals surface area contributed by atoms with Crippen LogP contribution in [0, 0.1) is 44.1 Å². The van der Waals surface area contributed by atoms with Gasteiger partial charge < -0.3 is 10.1 Å². The molecule has 97 valence electrons. The number of rotatable bonds is 1. The van der Waals surface area contributed by atoms with E-state index in [2.05, 4.69) is 9.97 Å². The zero-order valence-electron chi connectivity index (χ0n) is 10.7. The van der Waals surface area contributed by atoms with Crippen molar-refractivity contribution in [3.05, 3.63) is 34.4 Å². The number of aromatic nitrogens is 2. The van der Waals surface area contributed by atoms with Gasteiger partial charge in [0.15, 0.2) is 0 Å². The first-order chi connectivity index (χ1) is 8.74. The van der Waals surface area contributed by atoms with E-state index in [0.717, 1.165) is 18.7 Å². The predicted molar refractivity (Wildman–Crippen MR) is 69.9 cm³/mol. The van der Waals surface area contributed by atoms with Crippen LogP contribution in [0.5, 0.6) is 5.75 Å². The van der Waals surface area contributed by atoms with Crippen molar-refractivity contribution >= 4 is 10.9 Å². The Morgan fingerprint density at radius 2 is 1.95 bits per heavy atom. The fourth-order valence-corrected chi connectivity index (χ4v) is 2.71. The van der Waals surface area contributed by atoms with E-state index in [-0.39, 0.29) is 55.4 Å². The fraction of sp³-hybridized carbons (Fsp3) is 0.429. The van der Waals surface area contributed by atoms with Crippen molar-refractivity contribution < 1.29 is 49.2 Å². The number of nitrogens with one attached hydrogen (secondary N) is 1. The Bertz CT molecular complexity index is 633. The summed E-state index contributed by atoms with van der Waals surface area (Å²) in [6.45, 7) is 0. The van der Waals surface area contributed by atoms with Gasteiger partial charge in [0, 0.05) is 50.0 Å². The van der Waals surface area contributed by atoms with E-state index in [1.165, 1.54) is 25.3 Å². The Morgan fingerprint density at radius 1 is 1.21 bits per heavy atom. The second-order valence-corrected chi connectivity index (χ2v) is 4.99. The maximum Gasteiger partial charge on any atom is 0.258 e. The van der Waals surface area contributed by atoms with E-state index < -0.39 is 0 Å². The van der Waals surface area contributed by atoms with Crippen LogP contribution in [0.1, 0.15) is 43.8 Å². The number of H-pyrrole nitrogens is 1. The van der Waals surface area contributed by atoms with E-state index in [4.69, 9.17) is 0 Å². The molecule has 0 spiro atoms. The molecule has 19 heavy (non-hydrogen) atoms. The van der Waals surface area contributed by atoms with Gasteiger partial charge in [-0.15, -0.1) is 0 Å². The topological polar surface area (TPSA) is 66.0 Å². The maximum absolute atomic E-state index is 12.0. The number of benzene rings is 1. The van der Waals surface area contributed by atoms with Crippen LogP contribution >= 0.6 is 0 Å². The average molecular weight is 471 g/mol. The van der Waals surface area contributed by atoms with Gasteiger partial charge >= 0.3 is 0 Å². The van der Waals surface area contributed by atoms with Crippen LogP contribution in [0.2, 0.25) is 0 Å². The molecule has 0 aliphatic heterocycles. The summed E-state index contributed by atoms with van der Waals surface area (Å²) in [7, 11) is 0. The van der Waals surface area contributed by atoms with Crippen molar-refractivity contribution in [1.29, 1.82) is 0 Å². The molecule has 0 saturated heterocycles. The van der Waals surface area contributed by atoms with E-state index in [1.54, 1.807) is 12.1 Å². The van der Waals surface area contributed by atoms with Crippen LogP contribution in [0.4, 0.5) is 0 Å². The Hall–Kier alpha value is -0.398. The molecule has 2 aromatic rings. The van der Waals surface area contributed by atoms with Crippen molar-refractivity contribution in [3.63, 3.8) is 0 Å². The minimum Gasteiger partial charge on any atom is -0.508 e. The molecule has 1 aromatic carbocycles. The molecule has 1 radical (unpaired) electrons. The first-order valence-corrected chi connectivity index (χ1v) is 6.47. The van der Waals surface area contributed by atoms with Gasteiger partial charge in [0.25, 0.3) is 5.56 Å². The summed E-state index contributed by atoms with van der Waals surface area (Å²) in [5.74, 6) is 1.28. The monoisotopic (exact) mass is 471 g/mol. The van der Waals surface area contributed by atoms with Gasteiger partial charge in [-0.05, 0) is 31.0 Å². The van der Waals surface area contributed by atoms with Crippen molar-refractivity contribution in [2.45, 2.75) is 38.0 Å². The standard InChI is InChI=1S/C14H16N2O2.Ac/c17-10-6-7-12-11(8-10)14(18)16-13(15-12)9-4-2-1-3-5-9;/h6-9,17H,1-5H2,(H,15,16,18);. The number of nitrogens with zero attached hydrogens (tertiary/aromatic N) is 1. The van der Waals surface area contributed by atoms with Crippen LogP contribution in [0.3, 0.4) is 0 Å². The van der Waals surface area contributed by atoms with Gasteiger partial charge in [0.1, 0.15) is 11.6 Å². The Balaban J connectivity index is 0.00000133. The van der Waals surface area contributed by atoms with Crippen LogP contribution in [0.15, 0.2) is 23.0 Å². The smallest absolute Gasteiger partial charge is 0.258 e. The number of hydrogen-bond acceptors (Lipinski definition) is 3. The molecule has 1 heterocycles. The summed E-state index contributed by atoms with van der Waals surface area (Å²) in [6.07, 6.45) is 5.91. The van der Waals surface area contributed by atoms with Gasteiger partial charge in [0.2, 0.25) is 0 Å².